The van der Waals surface area contributed by atoms with Crippen molar-refractivity contribution in [1.82, 2.24) is 10.1 Å². The number of fused-ring (bicyclic) bond motifs is 1. The molecule has 1 aliphatic rings. The van der Waals surface area contributed by atoms with E-state index in [2.05, 4.69) is 22.3 Å². The number of aromatic nitrogens is 1. The first kappa shape index (κ1) is 16.8. The van der Waals surface area contributed by atoms with E-state index in [4.69, 9.17) is 8.94 Å². The first-order chi connectivity index (χ1) is 12.6. The van der Waals surface area contributed by atoms with Crippen LogP contribution in [0.3, 0.4) is 0 Å². The molecule has 7 heteroatoms. The fourth-order valence-electron chi connectivity index (χ4n) is 3.20. The van der Waals surface area contributed by atoms with Gasteiger partial charge in [0.05, 0.1) is 11.9 Å². The van der Waals surface area contributed by atoms with Gasteiger partial charge in [0, 0.05) is 0 Å². The molecule has 1 aliphatic heterocycles. The van der Waals surface area contributed by atoms with Gasteiger partial charge in [-0.15, -0.1) is 0 Å². The summed E-state index contributed by atoms with van der Waals surface area (Å²) < 4.78 is 24.2. The highest BCUT2D eigenvalue weighted by Gasteiger charge is 2.19. The van der Waals surface area contributed by atoms with Gasteiger partial charge in [-0.3, -0.25) is 9.69 Å². The zero-order valence-corrected chi connectivity index (χ0v) is 14.5. The average molecular weight is 357 g/mol. The fourth-order valence-corrected chi connectivity index (χ4v) is 3.20. The quantitative estimate of drug-likeness (QED) is 0.763. The Morgan fingerprint density at radius 3 is 2.92 bits per heavy atom. The summed E-state index contributed by atoms with van der Waals surface area (Å²) in [5.74, 6) is 1.02. The van der Waals surface area contributed by atoms with E-state index in [1.54, 1.807) is 6.07 Å². The third kappa shape index (κ3) is 3.48. The van der Waals surface area contributed by atoms with Gasteiger partial charge >= 0.3 is 0 Å². The van der Waals surface area contributed by atoms with Crippen molar-refractivity contribution in [2.24, 2.45) is 5.92 Å². The monoisotopic (exact) mass is 357 g/mol. The lowest BCUT2D eigenvalue weighted by Gasteiger charge is -2.29. The molecule has 0 bridgehead atoms. The molecule has 1 saturated heterocycles. The van der Waals surface area contributed by atoms with Crippen LogP contribution in [0.2, 0.25) is 0 Å². The summed E-state index contributed by atoms with van der Waals surface area (Å²) >= 11 is 0. The zero-order valence-electron chi connectivity index (χ0n) is 14.5. The van der Waals surface area contributed by atoms with E-state index < -0.39 is 11.7 Å². The summed E-state index contributed by atoms with van der Waals surface area (Å²) in [6.07, 6.45) is 2.37. The number of hydrogen-bond donors (Lipinski definition) is 1. The van der Waals surface area contributed by atoms with Gasteiger partial charge in [0.25, 0.3) is 5.91 Å². The number of carbonyl (C=O) groups excluding carboxylic acids is 1. The van der Waals surface area contributed by atoms with Crippen molar-refractivity contribution < 1.29 is 18.1 Å². The second-order valence-electron chi connectivity index (χ2n) is 6.85. The maximum Gasteiger partial charge on any atom is 0.292 e. The number of benzene rings is 1. The summed E-state index contributed by atoms with van der Waals surface area (Å²) in [6.45, 7) is 5.05. The number of carbonyl (C=O) groups is 1. The van der Waals surface area contributed by atoms with Crippen molar-refractivity contribution >= 4 is 22.7 Å². The molecule has 0 radical (unpaired) electrons. The SMILES string of the molecule is CC1CCN(Cc2ccc(C(=O)Nc3noc4ccc(F)cc34)o2)CC1. The minimum Gasteiger partial charge on any atom is -0.455 e. The molecular formula is C19H20FN3O3. The van der Waals surface area contributed by atoms with E-state index in [9.17, 15) is 9.18 Å². The van der Waals surface area contributed by atoms with Crippen molar-refractivity contribution in [1.29, 1.82) is 0 Å². The molecule has 1 aromatic carbocycles. The van der Waals surface area contributed by atoms with E-state index in [-0.39, 0.29) is 11.6 Å². The van der Waals surface area contributed by atoms with Crippen molar-refractivity contribution in [2.45, 2.75) is 26.3 Å². The lowest BCUT2D eigenvalue weighted by atomic mass is 9.99. The van der Waals surface area contributed by atoms with E-state index in [1.165, 1.54) is 31.0 Å². The maximum atomic E-state index is 13.4. The molecule has 6 nitrogen and oxygen atoms in total. The average Bonchev–Trinajstić information content (AvgIpc) is 3.24. The lowest BCUT2D eigenvalue weighted by Crippen LogP contribution is -2.32. The largest absolute Gasteiger partial charge is 0.455 e. The summed E-state index contributed by atoms with van der Waals surface area (Å²) in [5.41, 5.74) is 0.404. The third-order valence-corrected chi connectivity index (χ3v) is 4.81. The molecule has 3 heterocycles. The van der Waals surface area contributed by atoms with Crippen molar-refractivity contribution in [3.8, 4) is 0 Å². The van der Waals surface area contributed by atoms with Crippen molar-refractivity contribution in [3.63, 3.8) is 0 Å². The van der Waals surface area contributed by atoms with Crippen LogP contribution in [0, 0.1) is 11.7 Å². The molecule has 0 spiro atoms. The fraction of sp³-hybridized carbons (Fsp3) is 0.368. The molecule has 4 rings (SSSR count). The molecule has 1 amide bonds. The second kappa shape index (κ2) is 6.92. The van der Waals surface area contributed by atoms with Crippen LogP contribution in [0.1, 0.15) is 36.1 Å². The van der Waals surface area contributed by atoms with Gasteiger partial charge < -0.3 is 14.3 Å². The maximum absolute atomic E-state index is 13.4. The number of amides is 1. The van der Waals surface area contributed by atoms with Crippen LogP contribution in [0.25, 0.3) is 11.0 Å². The zero-order chi connectivity index (χ0) is 18.1. The molecule has 0 unspecified atom stereocenters. The molecule has 0 saturated carbocycles. The van der Waals surface area contributed by atoms with Crippen molar-refractivity contribution in [2.75, 3.05) is 18.4 Å². The summed E-state index contributed by atoms with van der Waals surface area (Å²) in [4.78, 5) is 14.7. The Kier molecular flexibility index (Phi) is 4.46. The minimum absolute atomic E-state index is 0.174. The molecule has 0 aliphatic carbocycles. The van der Waals surface area contributed by atoms with Crippen LogP contribution >= 0.6 is 0 Å². The second-order valence-corrected chi connectivity index (χ2v) is 6.85. The Morgan fingerprint density at radius 1 is 1.31 bits per heavy atom. The number of hydrogen-bond acceptors (Lipinski definition) is 5. The molecule has 1 fully saturated rings. The Morgan fingerprint density at radius 2 is 2.12 bits per heavy atom. The van der Waals surface area contributed by atoms with E-state index in [0.717, 1.165) is 24.8 Å². The summed E-state index contributed by atoms with van der Waals surface area (Å²) in [6, 6.07) is 7.47. The number of likely N-dealkylation sites (tertiary alicyclic amines) is 1. The Hall–Kier alpha value is -2.67. The predicted molar refractivity (Wildman–Crippen MR) is 94.3 cm³/mol. The topological polar surface area (TPSA) is 71.5 Å². The molecule has 1 N–H and O–H groups in total. The van der Waals surface area contributed by atoms with Crippen LogP contribution in [-0.4, -0.2) is 29.1 Å². The number of piperidine rings is 1. The van der Waals surface area contributed by atoms with Gasteiger partial charge in [0.15, 0.2) is 17.2 Å². The number of halogens is 1. The Bertz CT molecular complexity index is 925. The van der Waals surface area contributed by atoms with Crippen LogP contribution in [0.15, 0.2) is 39.3 Å². The number of anilines is 1. The highest BCUT2D eigenvalue weighted by Crippen LogP contribution is 2.24. The molecule has 3 aromatic rings. The van der Waals surface area contributed by atoms with E-state index in [0.29, 0.717) is 17.5 Å². The number of nitrogens with one attached hydrogen (secondary N) is 1. The van der Waals surface area contributed by atoms with E-state index >= 15 is 0 Å². The molecule has 2 aromatic heterocycles. The normalized spacial score (nSPS) is 16.2. The predicted octanol–water partition coefficient (Wildman–Crippen LogP) is 4.04. The first-order valence-electron chi connectivity index (χ1n) is 8.76. The number of rotatable bonds is 4. The number of nitrogens with zero attached hydrogens (tertiary/aromatic N) is 2. The molecule has 0 atom stereocenters. The van der Waals surface area contributed by atoms with Gasteiger partial charge in [0.1, 0.15) is 11.6 Å². The van der Waals surface area contributed by atoms with Crippen molar-refractivity contribution in [3.05, 3.63) is 47.7 Å². The number of furan rings is 1. The van der Waals surface area contributed by atoms with Gasteiger partial charge in [0.2, 0.25) is 0 Å². The van der Waals surface area contributed by atoms with Gasteiger partial charge in [-0.25, -0.2) is 4.39 Å². The first-order valence-corrected chi connectivity index (χ1v) is 8.76. The Labute approximate surface area is 149 Å². The molecular weight excluding hydrogens is 337 g/mol. The highest BCUT2D eigenvalue weighted by molar-refractivity contribution is 6.06. The summed E-state index contributed by atoms with van der Waals surface area (Å²) in [7, 11) is 0. The lowest BCUT2D eigenvalue weighted by molar-refractivity contribution is 0.0990. The third-order valence-electron chi connectivity index (χ3n) is 4.81. The van der Waals surface area contributed by atoms with Gasteiger partial charge in [-0.05, 0) is 62.2 Å². The smallest absolute Gasteiger partial charge is 0.292 e. The highest BCUT2D eigenvalue weighted by atomic mass is 19.1. The standard InChI is InChI=1S/C19H20FN3O3/c1-12-6-8-23(9-7-12)11-14-3-5-17(25-14)19(24)21-18-15-10-13(20)2-4-16(15)26-22-18/h2-5,10,12H,6-9,11H2,1H3,(H,21,22,24). The van der Waals surface area contributed by atoms with Gasteiger partial charge in [-0.1, -0.05) is 12.1 Å². The van der Waals surface area contributed by atoms with Gasteiger partial charge in [-0.2, -0.15) is 0 Å². The molecule has 26 heavy (non-hydrogen) atoms. The molecule has 136 valence electrons. The van der Waals surface area contributed by atoms with E-state index in [1.807, 2.05) is 6.07 Å². The summed E-state index contributed by atoms with van der Waals surface area (Å²) in [5, 5.41) is 6.81. The Balaban J connectivity index is 1.43. The van der Waals surface area contributed by atoms with Crippen LogP contribution in [-0.2, 0) is 6.54 Å². The van der Waals surface area contributed by atoms with Crippen LogP contribution in [0.5, 0.6) is 0 Å². The van der Waals surface area contributed by atoms with Crippen LogP contribution < -0.4 is 5.32 Å². The van der Waals surface area contributed by atoms with Crippen LogP contribution in [0.4, 0.5) is 10.2 Å². The minimum atomic E-state index is -0.442.